The van der Waals surface area contributed by atoms with Crippen molar-refractivity contribution >= 4 is 29.8 Å². The lowest BCUT2D eigenvalue weighted by Crippen LogP contribution is -2.09. The summed E-state index contributed by atoms with van der Waals surface area (Å²) < 4.78 is 26.8. The maximum Gasteiger partial charge on any atom is 0.248 e. The van der Waals surface area contributed by atoms with E-state index in [-0.39, 0.29) is 5.91 Å². The molecule has 0 saturated heterocycles. The zero-order chi connectivity index (χ0) is 25.2. The topological polar surface area (TPSA) is 75.3 Å². The third-order valence-electron chi connectivity index (χ3n) is 5.20. The number of rotatable bonds is 10. The molecule has 3 aromatic rings. The molecule has 0 aliphatic carbocycles. The van der Waals surface area contributed by atoms with Gasteiger partial charge in [0.25, 0.3) is 0 Å². The summed E-state index contributed by atoms with van der Waals surface area (Å²) in [5, 5.41) is 2.93. The number of carbonyl (C=O) groups is 1. The predicted octanol–water partition coefficient (Wildman–Crippen LogP) is 5.55. The number of amides is 1. The lowest BCUT2D eigenvalue weighted by molar-refractivity contribution is -0.111. The van der Waals surface area contributed by atoms with Crippen molar-refractivity contribution in [2.24, 2.45) is 0 Å². The Morgan fingerprint density at radius 3 is 1.86 bits per heavy atom. The molecule has 0 aliphatic heterocycles. The number of benzene rings is 3. The Morgan fingerprint density at radius 2 is 1.29 bits per heavy atom. The SMILES string of the molecule is COc1ccc(/C=C/C(=O)Nc2ccc(OC)cc2C=Cc2cc(OC)c(OC)c(OC)c2)cc1. The van der Waals surface area contributed by atoms with Gasteiger partial charge in [-0.3, -0.25) is 4.79 Å². The number of nitrogens with one attached hydrogen (secondary N) is 1. The van der Waals surface area contributed by atoms with E-state index in [9.17, 15) is 4.79 Å². The normalized spacial score (nSPS) is 10.9. The van der Waals surface area contributed by atoms with Crippen LogP contribution in [0.2, 0.25) is 0 Å². The Labute approximate surface area is 205 Å². The van der Waals surface area contributed by atoms with Gasteiger partial charge in [0.1, 0.15) is 11.5 Å². The maximum absolute atomic E-state index is 12.6. The number of hydrogen-bond donors (Lipinski definition) is 1. The second kappa shape index (κ2) is 12.2. The first kappa shape index (κ1) is 25.2. The molecule has 0 radical (unpaired) electrons. The molecule has 7 heteroatoms. The average Bonchev–Trinajstić information content (AvgIpc) is 2.90. The fourth-order valence-corrected chi connectivity index (χ4v) is 3.36. The molecule has 0 atom stereocenters. The summed E-state index contributed by atoms with van der Waals surface area (Å²) in [6.07, 6.45) is 7.00. The average molecular weight is 476 g/mol. The number of anilines is 1. The van der Waals surface area contributed by atoms with Crippen molar-refractivity contribution < 1.29 is 28.5 Å². The van der Waals surface area contributed by atoms with Crippen LogP contribution in [0.4, 0.5) is 5.69 Å². The lowest BCUT2D eigenvalue weighted by atomic mass is 10.1. The minimum atomic E-state index is -0.256. The largest absolute Gasteiger partial charge is 0.497 e. The van der Waals surface area contributed by atoms with Crippen LogP contribution in [-0.4, -0.2) is 41.5 Å². The van der Waals surface area contributed by atoms with Crippen LogP contribution in [-0.2, 0) is 4.79 Å². The molecule has 3 rings (SSSR count). The second-order valence-electron chi connectivity index (χ2n) is 7.34. The van der Waals surface area contributed by atoms with Gasteiger partial charge < -0.3 is 29.0 Å². The molecule has 0 unspecified atom stereocenters. The van der Waals surface area contributed by atoms with Gasteiger partial charge >= 0.3 is 0 Å². The van der Waals surface area contributed by atoms with E-state index in [2.05, 4.69) is 5.32 Å². The molecule has 7 nitrogen and oxygen atoms in total. The Bertz CT molecular complexity index is 1190. The summed E-state index contributed by atoms with van der Waals surface area (Å²) in [5.74, 6) is 2.79. The van der Waals surface area contributed by atoms with E-state index in [0.29, 0.717) is 28.7 Å². The smallest absolute Gasteiger partial charge is 0.248 e. The molecule has 0 spiro atoms. The summed E-state index contributed by atoms with van der Waals surface area (Å²) in [5.41, 5.74) is 3.13. The van der Waals surface area contributed by atoms with Crippen molar-refractivity contribution in [1.29, 1.82) is 0 Å². The molecule has 1 amide bonds. The predicted molar refractivity (Wildman–Crippen MR) is 139 cm³/mol. The van der Waals surface area contributed by atoms with E-state index in [4.69, 9.17) is 23.7 Å². The van der Waals surface area contributed by atoms with E-state index in [1.165, 1.54) is 6.08 Å². The van der Waals surface area contributed by atoms with Crippen LogP contribution < -0.4 is 29.0 Å². The first-order valence-corrected chi connectivity index (χ1v) is 10.8. The molecular weight excluding hydrogens is 446 g/mol. The second-order valence-corrected chi connectivity index (χ2v) is 7.34. The molecule has 0 bridgehead atoms. The molecule has 1 N–H and O–H groups in total. The fraction of sp³-hybridized carbons (Fsp3) is 0.179. The van der Waals surface area contributed by atoms with Gasteiger partial charge in [-0.15, -0.1) is 0 Å². The third kappa shape index (κ3) is 6.57. The van der Waals surface area contributed by atoms with Crippen LogP contribution in [0.1, 0.15) is 16.7 Å². The molecule has 0 aliphatic rings. The zero-order valence-corrected chi connectivity index (χ0v) is 20.5. The van der Waals surface area contributed by atoms with E-state index in [0.717, 1.165) is 22.4 Å². The molecule has 0 heterocycles. The van der Waals surface area contributed by atoms with Gasteiger partial charge in [-0.1, -0.05) is 24.3 Å². The zero-order valence-electron chi connectivity index (χ0n) is 20.5. The van der Waals surface area contributed by atoms with E-state index >= 15 is 0 Å². The van der Waals surface area contributed by atoms with Crippen molar-refractivity contribution in [1.82, 2.24) is 0 Å². The van der Waals surface area contributed by atoms with E-state index in [1.807, 2.05) is 54.6 Å². The highest BCUT2D eigenvalue weighted by molar-refractivity contribution is 6.03. The van der Waals surface area contributed by atoms with Crippen molar-refractivity contribution in [3.05, 3.63) is 77.4 Å². The molecular formula is C28H29NO6. The minimum Gasteiger partial charge on any atom is -0.497 e. The standard InChI is InChI=1S/C28H29NO6/c1-31-22-11-7-19(8-12-22)9-15-27(30)29-24-14-13-23(32-2)18-21(24)10-6-20-16-25(33-3)28(35-5)26(17-20)34-4/h6-18H,1-5H3,(H,29,30)/b10-6?,15-9+. The van der Waals surface area contributed by atoms with Gasteiger partial charge in [-0.2, -0.15) is 0 Å². The Hall–Kier alpha value is -4.39. The van der Waals surface area contributed by atoms with Gasteiger partial charge in [0, 0.05) is 17.3 Å². The fourth-order valence-electron chi connectivity index (χ4n) is 3.36. The Morgan fingerprint density at radius 1 is 0.657 bits per heavy atom. The van der Waals surface area contributed by atoms with E-state index < -0.39 is 0 Å². The van der Waals surface area contributed by atoms with Crippen molar-refractivity contribution in [3.8, 4) is 28.7 Å². The summed E-state index contributed by atoms with van der Waals surface area (Å²) in [4.78, 5) is 12.6. The van der Waals surface area contributed by atoms with Crippen molar-refractivity contribution in [2.45, 2.75) is 0 Å². The number of ether oxygens (including phenoxy) is 5. The van der Waals surface area contributed by atoms with Crippen LogP contribution in [0, 0.1) is 0 Å². The van der Waals surface area contributed by atoms with Crippen LogP contribution in [0.15, 0.2) is 60.7 Å². The third-order valence-corrected chi connectivity index (χ3v) is 5.20. The lowest BCUT2D eigenvalue weighted by Gasteiger charge is -2.13. The van der Waals surface area contributed by atoms with Gasteiger partial charge in [0.15, 0.2) is 11.5 Å². The van der Waals surface area contributed by atoms with E-state index in [1.54, 1.807) is 53.8 Å². The Kier molecular flexibility index (Phi) is 8.78. The molecule has 3 aromatic carbocycles. The molecule has 0 aromatic heterocycles. The molecule has 35 heavy (non-hydrogen) atoms. The van der Waals surface area contributed by atoms with Crippen LogP contribution in [0.25, 0.3) is 18.2 Å². The number of carbonyl (C=O) groups excluding carboxylic acids is 1. The highest BCUT2D eigenvalue weighted by atomic mass is 16.5. The highest BCUT2D eigenvalue weighted by Crippen LogP contribution is 2.38. The summed E-state index contributed by atoms with van der Waals surface area (Å²) in [6, 6.07) is 16.6. The van der Waals surface area contributed by atoms with Crippen LogP contribution >= 0.6 is 0 Å². The van der Waals surface area contributed by atoms with Crippen molar-refractivity contribution in [2.75, 3.05) is 40.9 Å². The van der Waals surface area contributed by atoms with Crippen molar-refractivity contribution in [3.63, 3.8) is 0 Å². The van der Waals surface area contributed by atoms with Gasteiger partial charge in [0.05, 0.1) is 35.5 Å². The monoisotopic (exact) mass is 475 g/mol. The summed E-state index contributed by atoms with van der Waals surface area (Å²) in [7, 11) is 7.91. The van der Waals surface area contributed by atoms with Gasteiger partial charge in [-0.25, -0.2) is 0 Å². The number of hydrogen-bond acceptors (Lipinski definition) is 6. The maximum atomic E-state index is 12.6. The quantitative estimate of drug-likeness (QED) is 0.306. The highest BCUT2D eigenvalue weighted by Gasteiger charge is 2.12. The summed E-state index contributed by atoms with van der Waals surface area (Å²) in [6.45, 7) is 0. The minimum absolute atomic E-state index is 0.256. The Balaban J connectivity index is 1.84. The van der Waals surface area contributed by atoms with Gasteiger partial charge in [0.2, 0.25) is 11.7 Å². The molecule has 0 fully saturated rings. The molecule has 0 saturated carbocycles. The first-order valence-electron chi connectivity index (χ1n) is 10.8. The van der Waals surface area contributed by atoms with Gasteiger partial charge in [-0.05, 0) is 59.7 Å². The first-order chi connectivity index (χ1) is 17.0. The molecule has 182 valence electrons. The number of methoxy groups -OCH3 is 5. The van der Waals surface area contributed by atoms with Crippen LogP contribution in [0.5, 0.6) is 28.7 Å². The summed E-state index contributed by atoms with van der Waals surface area (Å²) >= 11 is 0. The van der Waals surface area contributed by atoms with Crippen LogP contribution in [0.3, 0.4) is 0 Å².